The number of hydrogen-bond acceptors (Lipinski definition) is 2. The first-order valence-corrected chi connectivity index (χ1v) is 25.0. The summed E-state index contributed by atoms with van der Waals surface area (Å²) in [7, 11) is 0. The van der Waals surface area contributed by atoms with Crippen LogP contribution in [-0.2, 0) is 0 Å². The molecule has 1 aliphatic carbocycles. The van der Waals surface area contributed by atoms with E-state index in [0.717, 1.165) is 60.6 Å². The van der Waals surface area contributed by atoms with Crippen LogP contribution in [0.1, 0.15) is 22.6 Å². The van der Waals surface area contributed by atoms with Crippen molar-refractivity contribution in [2.45, 2.75) is 5.92 Å². The molecule has 72 heavy (non-hydrogen) atoms. The lowest BCUT2D eigenvalue weighted by atomic mass is 9.88. The standard InChI is InChI=1S/C67H35N3O2/c1-2-16-38-37(15-1)59(49-24-11-22-45-35-13-4-7-27-57(35)71-66(45)49)48-30-29-43-39-18-9-20-41-50-34-56-51(33-55(50)69(62(39)41)64(43)60(38)48)42-21-10-19-40-44-31-32-53-61(65(44)70(56)63(40)42)47-17-3-6-25-52(47)68(53)54-26-12-23-46-36-14-5-8-28-58(36)72-67(46)54/h1-34,59H. The van der Waals surface area contributed by atoms with Gasteiger partial charge in [0, 0.05) is 92.5 Å². The van der Waals surface area contributed by atoms with Crippen molar-refractivity contribution >= 4 is 142 Å². The minimum atomic E-state index is 0.0160. The van der Waals surface area contributed by atoms with Crippen LogP contribution in [0.15, 0.2) is 215 Å². The maximum Gasteiger partial charge on any atom is 0.159 e. The Hall–Kier alpha value is -9.58. The Bertz CT molecular complexity index is 5480. The summed E-state index contributed by atoms with van der Waals surface area (Å²) in [6.07, 6.45) is 0. The lowest BCUT2D eigenvalue weighted by molar-refractivity contribution is 0.661. The molecule has 0 aliphatic heterocycles. The summed E-state index contributed by atoms with van der Waals surface area (Å²) in [6, 6.07) is 76.4. The molecule has 0 spiro atoms. The van der Waals surface area contributed by atoms with Gasteiger partial charge in [-0.25, -0.2) is 0 Å². The molecule has 5 nitrogen and oxygen atoms in total. The Balaban J connectivity index is 0.925. The van der Waals surface area contributed by atoms with Crippen LogP contribution in [0.3, 0.4) is 0 Å². The monoisotopic (exact) mass is 913 g/mol. The first kappa shape index (κ1) is 36.4. The van der Waals surface area contributed by atoms with Gasteiger partial charge in [-0.15, -0.1) is 0 Å². The summed E-state index contributed by atoms with van der Waals surface area (Å²) in [5, 5.41) is 17.2. The van der Waals surface area contributed by atoms with Gasteiger partial charge in [0.2, 0.25) is 0 Å². The summed E-state index contributed by atoms with van der Waals surface area (Å²) in [5.41, 5.74) is 21.0. The molecule has 330 valence electrons. The molecule has 0 bridgehead atoms. The summed E-state index contributed by atoms with van der Waals surface area (Å²) in [4.78, 5) is 0. The fraction of sp³-hybridized carbons (Fsp3) is 0.0149. The van der Waals surface area contributed by atoms with Gasteiger partial charge < -0.3 is 22.2 Å². The lowest BCUT2D eigenvalue weighted by Crippen LogP contribution is -1.99. The third-order valence-corrected chi connectivity index (χ3v) is 17.0. The Kier molecular flexibility index (Phi) is 6.28. The zero-order valence-electron chi connectivity index (χ0n) is 38.4. The van der Waals surface area contributed by atoms with E-state index in [1.165, 1.54) is 115 Å². The number of benzene rings is 11. The van der Waals surface area contributed by atoms with Gasteiger partial charge in [0.25, 0.3) is 0 Å². The predicted molar refractivity (Wildman–Crippen MR) is 297 cm³/mol. The quantitative estimate of drug-likeness (QED) is 0.173. The van der Waals surface area contributed by atoms with E-state index >= 15 is 0 Å². The molecule has 1 aliphatic rings. The molecule has 0 radical (unpaired) electrons. The molecule has 5 heteroatoms. The lowest BCUT2D eigenvalue weighted by Gasteiger charge is -2.15. The highest BCUT2D eigenvalue weighted by atomic mass is 16.3. The maximum absolute atomic E-state index is 6.75. The molecule has 0 saturated heterocycles. The fourth-order valence-corrected chi connectivity index (χ4v) is 14.2. The Morgan fingerprint density at radius 3 is 1.57 bits per heavy atom. The molecule has 0 fully saturated rings. The summed E-state index contributed by atoms with van der Waals surface area (Å²) >= 11 is 0. The first-order chi connectivity index (χ1) is 35.8. The van der Waals surface area contributed by atoms with Crippen LogP contribution in [0.25, 0.3) is 159 Å². The molecule has 7 aromatic heterocycles. The van der Waals surface area contributed by atoms with Crippen LogP contribution in [0.4, 0.5) is 0 Å². The summed E-state index contributed by atoms with van der Waals surface area (Å²) in [5.74, 6) is 0.0160. The molecule has 11 aromatic carbocycles. The van der Waals surface area contributed by atoms with Crippen molar-refractivity contribution in [2.75, 3.05) is 0 Å². The van der Waals surface area contributed by atoms with Crippen LogP contribution in [0, 0.1) is 0 Å². The first-order valence-electron chi connectivity index (χ1n) is 25.0. The average Bonchev–Trinajstić information content (AvgIpc) is 4.32. The Morgan fingerprint density at radius 2 is 0.819 bits per heavy atom. The second-order valence-corrected chi connectivity index (χ2v) is 20.2. The third kappa shape index (κ3) is 4.09. The Morgan fingerprint density at radius 1 is 0.306 bits per heavy atom. The van der Waals surface area contributed by atoms with Crippen molar-refractivity contribution in [1.82, 2.24) is 13.4 Å². The van der Waals surface area contributed by atoms with E-state index in [0.29, 0.717) is 0 Å². The summed E-state index contributed by atoms with van der Waals surface area (Å²) in [6.45, 7) is 0. The van der Waals surface area contributed by atoms with E-state index in [4.69, 9.17) is 8.83 Å². The van der Waals surface area contributed by atoms with Crippen LogP contribution in [0.5, 0.6) is 0 Å². The Labute approximate surface area is 407 Å². The smallest absolute Gasteiger partial charge is 0.159 e. The molecule has 1 atom stereocenters. The molecule has 19 rings (SSSR count). The van der Waals surface area contributed by atoms with Gasteiger partial charge in [0.05, 0.1) is 49.8 Å². The zero-order valence-corrected chi connectivity index (χ0v) is 38.4. The van der Waals surface area contributed by atoms with Gasteiger partial charge in [-0.2, -0.15) is 0 Å². The number of rotatable bonds is 2. The SMILES string of the molecule is c1ccc2c(c1)-c1c(ccc3c4cccc5c6cc7c(cc6n(c13)c54)c1cccc3c4ccc5c(c6ccccc6n5-c5cccc6c5oc5ccccc56)c4n7c13)C2c1cccc2c1oc1ccccc12. The zero-order chi connectivity index (χ0) is 46.2. The molecule has 0 N–H and O–H groups in total. The molecule has 7 heterocycles. The van der Waals surface area contributed by atoms with Gasteiger partial charge in [0.1, 0.15) is 16.7 Å². The van der Waals surface area contributed by atoms with Gasteiger partial charge in [-0.3, -0.25) is 0 Å². The van der Waals surface area contributed by atoms with E-state index in [-0.39, 0.29) is 5.92 Å². The van der Waals surface area contributed by atoms with Crippen molar-refractivity contribution in [2.24, 2.45) is 0 Å². The van der Waals surface area contributed by atoms with Crippen molar-refractivity contribution in [1.29, 1.82) is 0 Å². The van der Waals surface area contributed by atoms with Crippen LogP contribution < -0.4 is 0 Å². The van der Waals surface area contributed by atoms with Crippen LogP contribution >= 0.6 is 0 Å². The number of fused-ring (bicyclic) bond motifs is 26. The largest absolute Gasteiger partial charge is 0.456 e. The molecular weight excluding hydrogens is 879 g/mol. The van der Waals surface area contributed by atoms with E-state index in [9.17, 15) is 0 Å². The minimum absolute atomic E-state index is 0.0160. The highest BCUT2D eigenvalue weighted by molar-refractivity contribution is 6.33. The molecule has 18 aromatic rings. The molecule has 0 amide bonds. The molecular formula is C67H35N3O2. The van der Waals surface area contributed by atoms with Gasteiger partial charge in [-0.05, 0) is 59.2 Å². The van der Waals surface area contributed by atoms with E-state index in [1.54, 1.807) is 0 Å². The fourth-order valence-electron chi connectivity index (χ4n) is 14.2. The average molecular weight is 914 g/mol. The number of nitrogens with zero attached hydrogens (tertiary/aromatic N) is 3. The minimum Gasteiger partial charge on any atom is -0.456 e. The van der Waals surface area contributed by atoms with Gasteiger partial charge in [0.15, 0.2) is 5.58 Å². The summed E-state index contributed by atoms with van der Waals surface area (Å²) < 4.78 is 21.1. The normalized spacial score (nSPS) is 14.2. The van der Waals surface area contributed by atoms with E-state index < -0.39 is 0 Å². The predicted octanol–water partition coefficient (Wildman–Crippen LogP) is 18.0. The van der Waals surface area contributed by atoms with Crippen molar-refractivity contribution in [3.63, 3.8) is 0 Å². The van der Waals surface area contributed by atoms with Crippen molar-refractivity contribution in [3.8, 4) is 16.8 Å². The number of para-hydroxylation sites is 7. The highest BCUT2D eigenvalue weighted by Crippen LogP contribution is 2.55. The van der Waals surface area contributed by atoms with Crippen molar-refractivity contribution in [3.05, 3.63) is 223 Å². The van der Waals surface area contributed by atoms with E-state index in [1.807, 2.05) is 0 Å². The maximum atomic E-state index is 6.75. The second kappa shape index (κ2) is 12.4. The van der Waals surface area contributed by atoms with E-state index in [2.05, 4.69) is 220 Å². The topological polar surface area (TPSA) is 40.0 Å². The second-order valence-electron chi connectivity index (χ2n) is 20.2. The number of hydrogen-bond donors (Lipinski definition) is 0. The van der Waals surface area contributed by atoms with Gasteiger partial charge >= 0.3 is 0 Å². The third-order valence-electron chi connectivity index (χ3n) is 17.0. The number of furan rings is 2. The highest BCUT2D eigenvalue weighted by Gasteiger charge is 2.35. The molecule has 0 saturated carbocycles. The van der Waals surface area contributed by atoms with Crippen LogP contribution in [-0.4, -0.2) is 13.4 Å². The molecule has 1 unspecified atom stereocenters. The number of aromatic nitrogens is 3. The van der Waals surface area contributed by atoms with Crippen molar-refractivity contribution < 1.29 is 8.83 Å². The van der Waals surface area contributed by atoms with Gasteiger partial charge in [-0.1, -0.05) is 164 Å². The van der Waals surface area contributed by atoms with Crippen LogP contribution in [0.2, 0.25) is 0 Å².